The molecule has 29 heavy (non-hydrogen) atoms. The lowest BCUT2D eigenvalue weighted by molar-refractivity contribution is -0.133. The van der Waals surface area contributed by atoms with Crippen molar-refractivity contribution < 1.29 is 22.7 Å². The Morgan fingerprint density at radius 3 is 2.52 bits per heavy atom. The van der Waals surface area contributed by atoms with Gasteiger partial charge in [0.05, 0.1) is 11.9 Å². The summed E-state index contributed by atoms with van der Waals surface area (Å²) in [6.07, 6.45) is 1.15. The average Bonchev–Trinajstić information content (AvgIpc) is 3.17. The molecule has 11 heteroatoms. The lowest BCUT2D eigenvalue weighted by Gasteiger charge is -2.33. The third kappa shape index (κ3) is 4.10. The van der Waals surface area contributed by atoms with Crippen LogP contribution in [0.15, 0.2) is 35.1 Å². The third-order valence-electron chi connectivity index (χ3n) is 4.88. The monoisotopic (exact) mass is 420 g/mol. The molecule has 1 saturated heterocycles. The Morgan fingerprint density at radius 2 is 1.79 bits per heavy atom. The van der Waals surface area contributed by atoms with E-state index in [0.29, 0.717) is 17.2 Å². The van der Waals surface area contributed by atoms with E-state index in [9.17, 15) is 18.0 Å². The first-order valence-corrected chi connectivity index (χ1v) is 10.9. The Balaban J connectivity index is 1.49. The molecule has 2 aliphatic rings. The standard InChI is InChI=1S/C18H20N4O6S/c1-29(25,26)21-8-6-20(7-9-21)18(24)11-22-17(23)5-3-14(19-22)13-2-4-15-16(10-13)28-12-27-15/h2-5,10H,6-9,11-12H2,1H3. The summed E-state index contributed by atoms with van der Waals surface area (Å²) in [4.78, 5) is 26.3. The summed E-state index contributed by atoms with van der Waals surface area (Å²) in [6.45, 7) is 0.988. The van der Waals surface area contributed by atoms with Gasteiger partial charge in [-0.05, 0) is 24.3 Å². The van der Waals surface area contributed by atoms with Crippen molar-refractivity contribution in [2.24, 2.45) is 0 Å². The van der Waals surface area contributed by atoms with Gasteiger partial charge >= 0.3 is 0 Å². The summed E-state index contributed by atoms with van der Waals surface area (Å²) in [5.74, 6) is 0.961. The number of sulfonamides is 1. The fourth-order valence-corrected chi connectivity index (χ4v) is 4.10. The van der Waals surface area contributed by atoms with Crippen molar-refractivity contribution in [2.75, 3.05) is 39.2 Å². The molecule has 0 bridgehead atoms. The largest absolute Gasteiger partial charge is 0.454 e. The lowest BCUT2D eigenvalue weighted by atomic mass is 10.1. The molecule has 2 aliphatic heterocycles. The van der Waals surface area contributed by atoms with Gasteiger partial charge in [-0.1, -0.05) is 0 Å². The highest BCUT2D eigenvalue weighted by Gasteiger charge is 2.26. The molecule has 10 nitrogen and oxygen atoms in total. The van der Waals surface area contributed by atoms with E-state index in [2.05, 4.69) is 5.10 Å². The van der Waals surface area contributed by atoms with Crippen LogP contribution in [0.25, 0.3) is 11.3 Å². The maximum atomic E-state index is 12.6. The highest BCUT2D eigenvalue weighted by atomic mass is 32.2. The average molecular weight is 420 g/mol. The fraction of sp³-hybridized carbons (Fsp3) is 0.389. The van der Waals surface area contributed by atoms with E-state index in [1.54, 1.807) is 29.2 Å². The molecule has 4 rings (SSSR count). The zero-order chi connectivity index (χ0) is 20.6. The molecule has 0 radical (unpaired) electrons. The molecule has 0 unspecified atom stereocenters. The van der Waals surface area contributed by atoms with E-state index in [4.69, 9.17) is 9.47 Å². The summed E-state index contributed by atoms with van der Waals surface area (Å²) in [7, 11) is -3.27. The zero-order valence-electron chi connectivity index (χ0n) is 15.8. The van der Waals surface area contributed by atoms with Gasteiger partial charge in [0.15, 0.2) is 11.5 Å². The topological polar surface area (TPSA) is 111 Å². The molecule has 0 N–H and O–H groups in total. The normalized spacial score (nSPS) is 16.8. The number of nitrogens with zero attached hydrogens (tertiary/aromatic N) is 4. The maximum Gasteiger partial charge on any atom is 0.267 e. The van der Waals surface area contributed by atoms with Crippen LogP contribution in [0.1, 0.15) is 0 Å². The van der Waals surface area contributed by atoms with E-state index in [-0.39, 0.29) is 45.4 Å². The van der Waals surface area contributed by atoms with Crippen LogP contribution >= 0.6 is 0 Å². The smallest absolute Gasteiger partial charge is 0.267 e. The second-order valence-corrected chi connectivity index (χ2v) is 8.81. The second kappa shape index (κ2) is 7.48. The van der Waals surface area contributed by atoms with E-state index in [0.717, 1.165) is 16.5 Å². The predicted molar refractivity (Wildman–Crippen MR) is 103 cm³/mol. The van der Waals surface area contributed by atoms with Gasteiger partial charge in [0, 0.05) is 37.8 Å². The van der Waals surface area contributed by atoms with Crippen LogP contribution < -0.4 is 15.0 Å². The number of hydrogen-bond donors (Lipinski definition) is 0. The van der Waals surface area contributed by atoms with E-state index >= 15 is 0 Å². The van der Waals surface area contributed by atoms with Crippen LogP contribution in [0.4, 0.5) is 0 Å². The Morgan fingerprint density at radius 1 is 1.07 bits per heavy atom. The van der Waals surface area contributed by atoms with Crippen LogP contribution in [0, 0.1) is 0 Å². The molecule has 1 aromatic heterocycles. The molecular formula is C18H20N4O6S. The van der Waals surface area contributed by atoms with E-state index in [1.165, 1.54) is 10.4 Å². The van der Waals surface area contributed by atoms with Crippen molar-refractivity contribution in [3.63, 3.8) is 0 Å². The van der Waals surface area contributed by atoms with Crippen LogP contribution in [0.3, 0.4) is 0 Å². The number of fused-ring (bicyclic) bond motifs is 1. The molecule has 154 valence electrons. The predicted octanol–water partition coefficient (Wildman–Crippen LogP) is -0.257. The van der Waals surface area contributed by atoms with Crippen molar-refractivity contribution in [3.8, 4) is 22.8 Å². The molecular weight excluding hydrogens is 400 g/mol. The third-order valence-corrected chi connectivity index (χ3v) is 6.18. The minimum absolute atomic E-state index is 0.160. The summed E-state index contributed by atoms with van der Waals surface area (Å²) < 4.78 is 36.3. The van der Waals surface area contributed by atoms with Crippen molar-refractivity contribution >= 4 is 15.9 Å². The number of benzene rings is 1. The van der Waals surface area contributed by atoms with Gasteiger partial charge in [0.2, 0.25) is 22.7 Å². The number of carbonyl (C=O) groups excluding carboxylic acids is 1. The Hall–Kier alpha value is -2.92. The summed E-state index contributed by atoms with van der Waals surface area (Å²) in [5, 5.41) is 4.31. The molecule has 1 aromatic carbocycles. The van der Waals surface area contributed by atoms with Crippen molar-refractivity contribution in [3.05, 3.63) is 40.7 Å². The SMILES string of the molecule is CS(=O)(=O)N1CCN(C(=O)Cn2nc(-c3ccc4c(c3)OCO4)ccc2=O)CC1. The fourth-order valence-electron chi connectivity index (χ4n) is 3.27. The molecule has 0 spiro atoms. The molecule has 0 saturated carbocycles. The van der Waals surface area contributed by atoms with Gasteiger partial charge in [0.25, 0.3) is 5.56 Å². The van der Waals surface area contributed by atoms with Crippen LogP contribution in [-0.4, -0.2) is 72.5 Å². The summed E-state index contributed by atoms with van der Waals surface area (Å²) >= 11 is 0. The highest BCUT2D eigenvalue weighted by molar-refractivity contribution is 7.88. The molecule has 0 atom stereocenters. The molecule has 3 heterocycles. The quantitative estimate of drug-likeness (QED) is 0.670. The van der Waals surface area contributed by atoms with Crippen molar-refractivity contribution in [1.29, 1.82) is 0 Å². The Labute approximate surface area is 167 Å². The van der Waals surface area contributed by atoms with Gasteiger partial charge in [-0.3, -0.25) is 9.59 Å². The first-order valence-electron chi connectivity index (χ1n) is 9.02. The van der Waals surface area contributed by atoms with Crippen LogP contribution in [0.2, 0.25) is 0 Å². The number of piperazine rings is 1. The van der Waals surface area contributed by atoms with Gasteiger partial charge in [-0.2, -0.15) is 9.40 Å². The number of hydrogen-bond acceptors (Lipinski definition) is 7. The Bertz CT molecular complexity index is 1110. The summed E-state index contributed by atoms with van der Waals surface area (Å²) in [5.41, 5.74) is 0.868. The summed E-state index contributed by atoms with van der Waals surface area (Å²) in [6, 6.07) is 8.29. The van der Waals surface area contributed by atoms with Crippen LogP contribution in [0.5, 0.6) is 11.5 Å². The van der Waals surface area contributed by atoms with Crippen molar-refractivity contribution in [2.45, 2.75) is 6.54 Å². The van der Waals surface area contributed by atoms with Gasteiger partial charge in [-0.25, -0.2) is 13.1 Å². The van der Waals surface area contributed by atoms with E-state index in [1.807, 2.05) is 0 Å². The molecule has 0 aliphatic carbocycles. The number of ether oxygens (including phenoxy) is 2. The highest BCUT2D eigenvalue weighted by Crippen LogP contribution is 2.35. The van der Waals surface area contributed by atoms with Crippen molar-refractivity contribution in [1.82, 2.24) is 19.0 Å². The van der Waals surface area contributed by atoms with Gasteiger partial charge < -0.3 is 14.4 Å². The minimum atomic E-state index is -3.27. The maximum absolute atomic E-state index is 12.6. The molecule has 2 aromatic rings. The number of aromatic nitrogens is 2. The minimum Gasteiger partial charge on any atom is -0.454 e. The van der Waals surface area contributed by atoms with Gasteiger partial charge in [0.1, 0.15) is 6.54 Å². The zero-order valence-corrected chi connectivity index (χ0v) is 16.6. The Kier molecular flexibility index (Phi) is 5.01. The lowest BCUT2D eigenvalue weighted by Crippen LogP contribution is -2.51. The molecule has 1 amide bonds. The number of amides is 1. The molecule has 1 fully saturated rings. The number of rotatable bonds is 4. The van der Waals surface area contributed by atoms with Gasteiger partial charge in [-0.15, -0.1) is 0 Å². The first-order chi connectivity index (χ1) is 13.8. The first kappa shape index (κ1) is 19.4. The second-order valence-electron chi connectivity index (χ2n) is 6.83. The number of carbonyl (C=O) groups is 1. The van der Waals surface area contributed by atoms with Crippen LogP contribution in [-0.2, 0) is 21.4 Å². The van der Waals surface area contributed by atoms with E-state index < -0.39 is 15.6 Å².